The van der Waals surface area contributed by atoms with Crippen LogP contribution in [-0.2, 0) is 9.53 Å². The Hall–Kier alpha value is -1.11. The molecule has 0 saturated heterocycles. The van der Waals surface area contributed by atoms with E-state index in [0.29, 0.717) is 11.6 Å². The monoisotopic (exact) mass is 359 g/mol. The van der Waals surface area contributed by atoms with Crippen LogP contribution in [0.4, 0.5) is 0 Å². The number of carbonyl (C=O) groups is 2. The van der Waals surface area contributed by atoms with E-state index in [1.807, 2.05) is 12.1 Å². The molecule has 4 nitrogen and oxygen atoms in total. The summed E-state index contributed by atoms with van der Waals surface area (Å²) < 4.78 is 6.05. The Morgan fingerprint density at radius 2 is 1.94 bits per heavy atom. The lowest BCUT2D eigenvalue weighted by molar-refractivity contribution is -0.133. The maximum atomic E-state index is 11.7. The first kappa shape index (κ1) is 13.3. The van der Waals surface area contributed by atoms with Crippen LogP contribution in [0, 0.1) is 3.57 Å². The number of amides is 1. The van der Waals surface area contributed by atoms with Crippen molar-refractivity contribution in [1.82, 2.24) is 4.90 Å². The maximum Gasteiger partial charge on any atom is 0.338 e. The van der Waals surface area contributed by atoms with Crippen molar-refractivity contribution >= 4 is 34.5 Å². The van der Waals surface area contributed by atoms with E-state index in [1.165, 1.54) is 0 Å². The molecule has 2 rings (SSSR count). The van der Waals surface area contributed by atoms with Crippen LogP contribution in [-0.4, -0.2) is 36.5 Å². The summed E-state index contributed by atoms with van der Waals surface area (Å²) >= 11 is 2.16. The zero-order valence-electron chi connectivity index (χ0n) is 10.1. The Labute approximate surface area is 119 Å². The molecule has 0 atom stereocenters. The van der Waals surface area contributed by atoms with Gasteiger partial charge in [-0.3, -0.25) is 4.79 Å². The minimum Gasteiger partial charge on any atom is -0.452 e. The van der Waals surface area contributed by atoms with Crippen LogP contribution < -0.4 is 0 Å². The molecular weight excluding hydrogens is 345 g/mol. The third-order valence-corrected chi connectivity index (χ3v) is 3.61. The molecule has 1 amide bonds. The van der Waals surface area contributed by atoms with E-state index in [9.17, 15) is 9.59 Å². The zero-order valence-corrected chi connectivity index (χ0v) is 12.2. The molecule has 0 aliphatic heterocycles. The Bertz CT molecular complexity index is 454. The molecule has 1 aromatic rings. The van der Waals surface area contributed by atoms with Crippen LogP contribution in [0.1, 0.15) is 23.2 Å². The Kier molecular flexibility index (Phi) is 4.21. The van der Waals surface area contributed by atoms with Gasteiger partial charge < -0.3 is 9.64 Å². The molecule has 0 heterocycles. The summed E-state index contributed by atoms with van der Waals surface area (Å²) in [5, 5.41) is 0. The number of benzene rings is 1. The third-order valence-electron chi connectivity index (χ3n) is 2.89. The molecule has 0 N–H and O–H groups in total. The first-order valence-corrected chi connectivity index (χ1v) is 6.84. The number of hydrogen-bond acceptors (Lipinski definition) is 3. The van der Waals surface area contributed by atoms with Gasteiger partial charge in [0.2, 0.25) is 0 Å². The molecule has 0 unspecified atom stereocenters. The number of halogens is 1. The van der Waals surface area contributed by atoms with E-state index in [4.69, 9.17) is 4.74 Å². The molecule has 18 heavy (non-hydrogen) atoms. The topological polar surface area (TPSA) is 46.6 Å². The minimum atomic E-state index is -0.455. The lowest BCUT2D eigenvalue weighted by Gasteiger charge is -2.15. The summed E-state index contributed by atoms with van der Waals surface area (Å²) in [6, 6.07) is 7.39. The van der Waals surface area contributed by atoms with Crippen LogP contribution in [0.25, 0.3) is 0 Å². The second-order valence-electron chi connectivity index (χ2n) is 4.32. The third kappa shape index (κ3) is 3.44. The van der Waals surface area contributed by atoms with Crippen LogP contribution in [0.5, 0.6) is 0 Å². The predicted molar refractivity (Wildman–Crippen MR) is 75.2 cm³/mol. The Morgan fingerprint density at radius 1 is 1.33 bits per heavy atom. The van der Waals surface area contributed by atoms with Gasteiger partial charge in [-0.25, -0.2) is 4.79 Å². The number of hydrogen-bond donors (Lipinski definition) is 0. The number of likely N-dealkylation sites (N-methyl/N-ethyl adjacent to an activating group) is 1. The quantitative estimate of drug-likeness (QED) is 0.611. The first-order valence-electron chi connectivity index (χ1n) is 5.76. The summed E-state index contributed by atoms with van der Waals surface area (Å²) in [4.78, 5) is 25.0. The summed E-state index contributed by atoms with van der Waals surface area (Å²) in [6.45, 7) is -0.183. The highest BCUT2D eigenvalue weighted by atomic mass is 127. The van der Waals surface area contributed by atoms with Gasteiger partial charge in [-0.05, 0) is 59.7 Å². The van der Waals surface area contributed by atoms with Gasteiger partial charge in [0, 0.05) is 16.7 Å². The highest BCUT2D eigenvalue weighted by molar-refractivity contribution is 14.1. The fraction of sp³-hybridized carbons (Fsp3) is 0.385. The van der Waals surface area contributed by atoms with Crippen LogP contribution in [0.2, 0.25) is 0 Å². The van der Waals surface area contributed by atoms with Gasteiger partial charge >= 0.3 is 5.97 Å². The van der Waals surface area contributed by atoms with Gasteiger partial charge in [0.15, 0.2) is 6.61 Å². The van der Waals surface area contributed by atoms with Crippen molar-refractivity contribution in [3.05, 3.63) is 33.4 Å². The molecule has 0 aromatic heterocycles. The van der Waals surface area contributed by atoms with Gasteiger partial charge in [-0.15, -0.1) is 0 Å². The second kappa shape index (κ2) is 5.69. The Balaban J connectivity index is 1.84. The van der Waals surface area contributed by atoms with E-state index < -0.39 is 5.97 Å². The fourth-order valence-electron chi connectivity index (χ4n) is 1.56. The van der Waals surface area contributed by atoms with Crippen molar-refractivity contribution in [3.63, 3.8) is 0 Å². The molecule has 1 fully saturated rings. The van der Waals surface area contributed by atoms with Crippen molar-refractivity contribution < 1.29 is 14.3 Å². The van der Waals surface area contributed by atoms with Gasteiger partial charge in [-0.1, -0.05) is 0 Å². The molecule has 1 saturated carbocycles. The number of ether oxygens (including phenoxy) is 1. The van der Waals surface area contributed by atoms with Gasteiger partial charge in [0.25, 0.3) is 5.91 Å². The first-order chi connectivity index (χ1) is 8.58. The molecule has 1 aliphatic rings. The van der Waals surface area contributed by atoms with E-state index in [-0.39, 0.29) is 12.5 Å². The molecular formula is C13H14INO3. The molecule has 1 aromatic carbocycles. The SMILES string of the molecule is CN(C(=O)COC(=O)c1ccc(I)cc1)C1CC1. The maximum absolute atomic E-state index is 11.7. The van der Waals surface area contributed by atoms with Crippen molar-refractivity contribution in [2.24, 2.45) is 0 Å². The molecule has 0 radical (unpaired) electrons. The summed E-state index contributed by atoms with van der Waals surface area (Å²) in [6.07, 6.45) is 2.10. The highest BCUT2D eigenvalue weighted by Gasteiger charge is 2.29. The summed E-state index contributed by atoms with van der Waals surface area (Å²) in [5.74, 6) is -0.597. The predicted octanol–water partition coefficient (Wildman–Crippen LogP) is 2.07. The van der Waals surface area contributed by atoms with Gasteiger partial charge in [0.05, 0.1) is 5.56 Å². The van der Waals surface area contributed by atoms with E-state index in [1.54, 1.807) is 24.1 Å². The number of nitrogens with zero attached hydrogens (tertiary/aromatic N) is 1. The average molecular weight is 359 g/mol. The molecule has 0 bridgehead atoms. The summed E-state index contributed by atoms with van der Waals surface area (Å²) in [7, 11) is 1.75. The summed E-state index contributed by atoms with van der Waals surface area (Å²) in [5.41, 5.74) is 0.470. The van der Waals surface area contributed by atoms with E-state index in [2.05, 4.69) is 22.6 Å². The van der Waals surface area contributed by atoms with Gasteiger partial charge in [0.1, 0.15) is 0 Å². The molecule has 96 valence electrons. The van der Waals surface area contributed by atoms with Crippen molar-refractivity contribution in [3.8, 4) is 0 Å². The van der Waals surface area contributed by atoms with Gasteiger partial charge in [-0.2, -0.15) is 0 Å². The number of carbonyl (C=O) groups excluding carboxylic acids is 2. The second-order valence-corrected chi connectivity index (χ2v) is 5.56. The van der Waals surface area contributed by atoms with Crippen LogP contribution in [0.3, 0.4) is 0 Å². The molecule has 1 aliphatic carbocycles. The number of rotatable bonds is 4. The molecule has 0 spiro atoms. The van der Waals surface area contributed by atoms with Crippen molar-refractivity contribution in [1.29, 1.82) is 0 Å². The largest absolute Gasteiger partial charge is 0.452 e. The standard InChI is InChI=1S/C13H14INO3/c1-15(11-6-7-11)12(16)8-18-13(17)9-2-4-10(14)5-3-9/h2-5,11H,6-8H2,1H3. The fourth-order valence-corrected chi connectivity index (χ4v) is 1.92. The van der Waals surface area contributed by atoms with Crippen molar-refractivity contribution in [2.75, 3.05) is 13.7 Å². The normalized spacial score (nSPS) is 14.1. The zero-order chi connectivity index (χ0) is 13.1. The average Bonchev–Trinajstić information content (AvgIpc) is 3.19. The molecule has 5 heteroatoms. The lowest BCUT2D eigenvalue weighted by atomic mass is 10.2. The minimum absolute atomic E-state index is 0.142. The van der Waals surface area contributed by atoms with E-state index >= 15 is 0 Å². The van der Waals surface area contributed by atoms with Crippen molar-refractivity contribution in [2.45, 2.75) is 18.9 Å². The van der Waals surface area contributed by atoms with Crippen LogP contribution >= 0.6 is 22.6 Å². The van der Waals surface area contributed by atoms with E-state index in [0.717, 1.165) is 16.4 Å². The smallest absolute Gasteiger partial charge is 0.338 e. The number of esters is 1. The lowest BCUT2D eigenvalue weighted by Crippen LogP contribution is -2.32. The van der Waals surface area contributed by atoms with Crippen LogP contribution in [0.15, 0.2) is 24.3 Å². The highest BCUT2D eigenvalue weighted by Crippen LogP contribution is 2.25. The Morgan fingerprint density at radius 3 is 2.50 bits per heavy atom.